The first kappa shape index (κ1) is 30.9. The fraction of sp³-hybridized carbons (Fsp3) is 0. The van der Waals surface area contributed by atoms with Crippen molar-refractivity contribution in [2.45, 2.75) is 0 Å². The topological polar surface area (TPSA) is 19.7 Å². The Hall–Kier alpha value is -7.56. The lowest BCUT2D eigenvalue weighted by atomic mass is 10.0. The maximum Gasteiger partial charge on any atom is 0.0788 e. The van der Waals surface area contributed by atoms with Gasteiger partial charge in [0.1, 0.15) is 0 Å². The van der Waals surface area contributed by atoms with E-state index in [0.717, 1.165) is 22.7 Å². The largest absolute Gasteiger partial charge is 0.315 e. The van der Waals surface area contributed by atoms with Crippen molar-refractivity contribution in [2.24, 2.45) is 0 Å². The van der Waals surface area contributed by atoms with Crippen LogP contribution >= 0.6 is 0 Å². The molecule has 4 heteroatoms. The van der Waals surface area contributed by atoms with Gasteiger partial charge in [-0.3, -0.25) is 0 Å². The molecule has 0 radical (unpaired) electrons. The molecular weight excluding hydrogens is 681 g/mol. The predicted molar refractivity (Wildman–Crippen MR) is 234 cm³/mol. The zero-order chi connectivity index (χ0) is 36.7. The van der Waals surface area contributed by atoms with Gasteiger partial charge < -0.3 is 18.3 Å². The van der Waals surface area contributed by atoms with E-state index >= 15 is 0 Å². The zero-order valence-corrected chi connectivity index (χ0v) is 30.4. The molecule has 0 spiro atoms. The van der Waals surface area contributed by atoms with Gasteiger partial charge >= 0.3 is 0 Å². The van der Waals surface area contributed by atoms with Crippen LogP contribution in [0.2, 0.25) is 0 Å². The Morgan fingerprint density at radius 3 is 1.07 bits per heavy atom. The van der Waals surface area contributed by atoms with Crippen LogP contribution in [0.15, 0.2) is 207 Å². The molecule has 0 N–H and O–H groups in total. The number of hydrogen-bond donors (Lipinski definition) is 0. The number of aromatic nitrogens is 4. The number of para-hydroxylation sites is 4. The second-order valence-electron chi connectivity index (χ2n) is 14.6. The molecule has 0 unspecified atom stereocenters. The minimum atomic E-state index is 1.13. The van der Waals surface area contributed by atoms with Crippen molar-refractivity contribution in [3.8, 4) is 33.9 Å². The van der Waals surface area contributed by atoms with E-state index in [2.05, 4.69) is 225 Å². The number of benzene rings is 8. The molecule has 0 aliphatic heterocycles. The Morgan fingerprint density at radius 1 is 0.250 bits per heavy atom. The molecule has 262 valence electrons. The molecule has 4 aromatic heterocycles. The third-order valence-corrected chi connectivity index (χ3v) is 11.6. The summed E-state index contributed by atoms with van der Waals surface area (Å²) in [6, 6.07) is 70.4. The second kappa shape index (κ2) is 12.0. The quantitative estimate of drug-likeness (QED) is 0.169. The van der Waals surface area contributed by atoms with E-state index in [9.17, 15) is 0 Å². The van der Waals surface area contributed by atoms with Gasteiger partial charge in [-0.1, -0.05) is 121 Å². The fourth-order valence-electron chi connectivity index (χ4n) is 9.10. The first-order chi connectivity index (χ1) is 27.8. The highest BCUT2D eigenvalue weighted by molar-refractivity contribution is 6.19. The van der Waals surface area contributed by atoms with Gasteiger partial charge in [0.2, 0.25) is 0 Å². The van der Waals surface area contributed by atoms with Crippen LogP contribution in [0.25, 0.3) is 99.3 Å². The minimum absolute atomic E-state index is 1.13. The Balaban J connectivity index is 0.950. The van der Waals surface area contributed by atoms with Crippen molar-refractivity contribution in [3.05, 3.63) is 207 Å². The first-order valence-corrected chi connectivity index (χ1v) is 19.2. The van der Waals surface area contributed by atoms with Gasteiger partial charge in [-0.15, -0.1) is 0 Å². The predicted octanol–water partition coefficient (Wildman–Crippen LogP) is 13.4. The second-order valence-corrected chi connectivity index (χ2v) is 14.6. The molecule has 0 aliphatic carbocycles. The molecule has 4 nitrogen and oxygen atoms in total. The summed E-state index contributed by atoms with van der Waals surface area (Å²) in [4.78, 5) is 0. The van der Waals surface area contributed by atoms with Crippen molar-refractivity contribution < 1.29 is 0 Å². The molecule has 0 amide bonds. The minimum Gasteiger partial charge on any atom is -0.315 e. The molecule has 0 fully saturated rings. The van der Waals surface area contributed by atoms with E-state index in [-0.39, 0.29) is 0 Å². The van der Waals surface area contributed by atoms with Crippen molar-refractivity contribution >= 4 is 65.4 Å². The van der Waals surface area contributed by atoms with Gasteiger partial charge in [-0.05, 0) is 83.9 Å². The maximum atomic E-state index is 2.42. The van der Waals surface area contributed by atoms with E-state index in [1.165, 1.54) is 76.5 Å². The summed E-state index contributed by atoms with van der Waals surface area (Å²) in [7, 11) is 0. The van der Waals surface area contributed by atoms with E-state index in [1.54, 1.807) is 0 Å². The molecule has 4 heterocycles. The molecule has 0 saturated carbocycles. The summed E-state index contributed by atoms with van der Waals surface area (Å²) in [5.74, 6) is 0. The highest BCUT2D eigenvalue weighted by Crippen LogP contribution is 2.40. The van der Waals surface area contributed by atoms with E-state index < -0.39 is 0 Å². The number of rotatable bonds is 5. The van der Waals surface area contributed by atoms with Crippen LogP contribution in [0.1, 0.15) is 0 Å². The average Bonchev–Trinajstić information content (AvgIpc) is 4.05. The summed E-state index contributed by atoms with van der Waals surface area (Å²) < 4.78 is 9.52. The van der Waals surface area contributed by atoms with Crippen LogP contribution in [0.5, 0.6) is 0 Å². The summed E-state index contributed by atoms with van der Waals surface area (Å²) in [5, 5.41) is 7.47. The molecule has 56 heavy (non-hydrogen) atoms. The van der Waals surface area contributed by atoms with Gasteiger partial charge in [-0.2, -0.15) is 0 Å². The molecule has 0 atom stereocenters. The maximum absolute atomic E-state index is 2.42. The van der Waals surface area contributed by atoms with Crippen molar-refractivity contribution in [1.29, 1.82) is 0 Å². The third-order valence-electron chi connectivity index (χ3n) is 11.6. The molecule has 8 aromatic carbocycles. The van der Waals surface area contributed by atoms with Crippen LogP contribution in [-0.4, -0.2) is 18.3 Å². The summed E-state index contributed by atoms with van der Waals surface area (Å²) in [6.45, 7) is 0. The molecular formula is C52H34N4. The summed E-state index contributed by atoms with van der Waals surface area (Å²) in [5.41, 5.74) is 14.2. The van der Waals surface area contributed by atoms with Crippen LogP contribution in [0.3, 0.4) is 0 Å². The Morgan fingerprint density at radius 2 is 0.643 bits per heavy atom. The van der Waals surface area contributed by atoms with Gasteiger partial charge in [0, 0.05) is 67.5 Å². The van der Waals surface area contributed by atoms with Gasteiger partial charge in [0.25, 0.3) is 0 Å². The molecule has 0 bridgehead atoms. The summed E-state index contributed by atoms with van der Waals surface area (Å²) >= 11 is 0. The Kier molecular flexibility index (Phi) is 6.60. The highest BCUT2D eigenvalue weighted by Gasteiger charge is 2.19. The van der Waals surface area contributed by atoms with E-state index in [4.69, 9.17) is 0 Å². The third kappa shape index (κ3) is 4.47. The lowest BCUT2D eigenvalue weighted by Crippen LogP contribution is -1.98. The normalized spacial score (nSPS) is 11.9. The smallest absolute Gasteiger partial charge is 0.0788 e. The Labute approximate surface area is 322 Å². The lowest BCUT2D eigenvalue weighted by Gasteiger charge is -2.13. The first-order valence-electron chi connectivity index (χ1n) is 19.2. The van der Waals surface area contributed by atoms with Crippen LogP contribution in [-0.2, 0) is 0 Å². The number of nitrogens with zero attached hydrogens (tertiary/aromatic N) is 4. The number of hydrogen-bond acceptors (Lipinski definition) is 0. The zero-order valence-electron chi connectivity index (χ0n) is 30.4. The highest BCUT2D eigenvalue weighted by atomic mass is 15.0. The van der Waals surface area contributed by atoms with E-state index in [0.29, 0.717) is 0 Å². The van der Waals surface area contributed by atoms with E-state index in [1.807, 2.05) is 0 Å². The monoisotopic (exact) mass is 714 g/mol. The SMILES string of the molecule is c1ccc(-n2c3ccccc3c3ccc4ccn(-c5ccc(-c6ccc(-n7ccc8ccc9c%10ccccc%10n(-c%10ccccc%10)c9c87)cc6)cc5)c4c32)cc1. The molecule has 12 rings (SSSR count). The van der Waals surface area contributed by atoms with Gasteiger partial charge in [-0.25, -0.2) is 0 Å². The van der Waals surface area contributed by atoms with Crippen LogP contribution in [0.4, 0.5) is 0 Å². The van der Waals surface area contributed by atoms with Gasteiger partial charge in [0.15, 0.2) is 0 Å². The molecule has 0 aliphatic rings. The van der Waals surface area contributed by atoms with Gasteiger partial charge in [0.05, 0.1) is 33.1 Å². The van der Waals surface area contributed by atoms with Crippen LogP contribution < -0.4 is 0 Å². The Bertz CT molecular complexity index is 3200. The lowest BCUT2D eigenvalue weighted by molar-refractivity contribution is 1.11. The van der Waals surface area contributed by atoms with Crippen molar-refractivity contribution in [2.75, 3.05) is 0 Å². The van der Waals surface area contributed by atoms with Crippen molar-refractivity contribution in [1.82, 2.24) is 18.3 Å². The summed E-state index contributed by atoms with van der Waals surface area (Å²) in [6.07, 6.45) is 4.41. The standard InChI is InChI=1S/C52H34N4/c1-3-11-41(12-4-1)55-47-17-9-7-15-43(47)45-29-23-37-31-33-53(49(37)51(45)55)39-25-19-35(20-26-39)36-21-27-40(28-22-36)54-34-32-38-24-30-46-44-16-8-10-18-48(44)56(52(46)50(38)54)42-13-5-2-6-14-42/h1-34H. The molecule has 0 saturated heterocycles. The molecule has 12 aromatic rings. The number of fused-ring (bicyclic) bond motifs is 10. The average molecular weight is 715 g/mol. The fourth-order valence-corrected chi connectivity index (χ4v) is 9.10. The van der Waals surface area contributed by atoms with Crippen molar-refractivity contribution in [3.63, 3.8) is 0 Å². The van der Waals surface area contributed by atoms with Crippen LogP contribution in [0, 0.1) is 0 Å².